The second-order valence-electron chi connectivity index (χ2n) is 8.18. The summed E-state index contributed by atoms with van der Waals surface area (Å²) in [5.74, 6) is -1.94. The highest BCUT2D eigenvalue weighted by Gasteiger charge is 2.38. The Labute approximate surface area is 220 Å². The molecule has 3 aromatic rings. The predicted molar refractivity (Wildman–Crippen MR) is 132 cm³/mol. The first-order valence-corrected chi connectivity index (χ1v) is 12.1. The van der Waals surface area contributed by atoms with Crippen molar-refractivity contribution in [3.63, 3.8) is 0 Å². The van der Waals surface area contributed by atoms with E-state index in [1.54, 1.807) is 18.2 Å². The molecule has 0 spiro atoms. The average Bonchev–Trinajstić information content (AvgIpc) is 3.36. The van der Waals surface area contributed by atoms with Crippen LogP contribution in [0.1, 0.15) is 19.3 Å². The van der Waals surface area contributed by atoms with Gasteiger partial charge in [-0.2, -0.15) is 13.2 Å². The van der Waals surface area contributed by atoms with Gasteiger partial charge in [-0.05, 0) is 43.2 Å². The first-order valence-electron chi connectivity index (χ1n) is 11.4. The van der Waals surface area contributed by atoms with Crippen LogP contribution >= 0.6 is 23.2 Å². The van der Waals surface area contributed by atoms with Gasteiger partial charge in [-0.1, -0.05) is 35.3 Å². The molecule has 2 N–H and O–H groups in total. The Balaban J connectivity index is 0.000000479. The van der Waals surface area contributed by atoms with Gasteiger partial charge in [-0.3, -0.25) is 10.2 Å². The molecule has 2 aromatic carbocycles. The third-order valence-corrected chi connectivity index (χ3v) is 6.19. The lowest BCUT2D eigenvalue weighted by molar-refractivity contribution is -0.192. The molecule has 13 heteroatoms. The van der Waals surface area contributed by atoms with E-state index in [1.165, 1.54) is 0 Å². The number of fused-ring (bicyclic) bond motifs is 1. The number of nitrogens with zero attached hydrogens (tertiary/aromatic N) is 3. The van der Waals surface area contributed by atoms with E-state index >= 15 is 0 Å². The minimum absolute atomic E-state index is 0.212. The largest absolute Gasteiger partial charge is 0.492 e. The topological polar surface area (TPSA) is 101 Å². The first-order chi connectivity index (χ1) is 17.5. The van der Waals surface area contributed by atoms with Crippen LogP contribution < -0.4 is 10.4 Å². The summed E-state index contributed by atoms with van der Waals surface area (Å²) >= 11 is 12.1. The number of halogens is 5. The molecule has 1 aromatic heterocycles. The highest BCUT2D eigenvalue weighted by Crippen LogP contribution is 2.27. The van der Waals surface area contributed by atoms with Crippen LogP contribution in [0.15, 0.2) is 42.5 Å². The number of aryl methyl sites for hydroxylation is 1. The smallest absolute Gasteiger partial charge is 0.490 e. The van der Waals surface area contributed by atoms with E-state index in [4.69, 9.17) is 43.2 Å². The van der Waals surface area contributed by atoms with E-state index in [0.717, 1.165) is 30.4 Å². The minimum Gasteiger partial charge on any atom is -0.492 e. The number of nitrogens with one attached hydrogen (secondary N) is 1. The maximum atomic E-state index is 11.9. The average molecular weight is 561 g/mol. The monoisotopic (exact) mass is 560 g/mol. The Bertz CT molecular complexity index is 1320. The number of carbonyl (C=O) groups is 2. The number of benzene rings is 2. The third kappa shape index (κ3) is 7.42. The molecule has 0 bridgehead atoms. The van der Waals surface area contributed by atoms with E-state index < -0.39 is 12.1 Å². The summed E-state index contributed by atoms with van der Waals surface area (Å²) in [6.45, 7) is 3.21. The molecule has 1 saturated heterocycles. The van der Waals surface area contributed by atoms with Crippen LogP contribution in [0.3, 0.4) is 0 Å². The van der Waals surface area contributed by atoms with Gasteiger partial charge in [0.2, 0.25) is 11.5 Å². The van der Waals surface area contributed by atoms with Gasteiger partial charge in [-0.25, -0.2) is 4.79 Å². The van der Waals surface area contributed by atoms with Crippen molar-refractivity contribution in [1.82, 2.24) is 14.0 Å². The zero-order chi connectivity index (χ0) is 27.2. The number of imidazole rings is 1. The Kier molecular flexibility index (Phi) is 9.50. The molecule has 0 saturated carbocycles. The van der Waals surface area contributed by atoms with Crippen molar-refractivity contribution in [2.45, 2.75) is 38.5 Å². The third-order valence-electron chi connectivity index (χ3n) is 5.66. The number of rotatable bonds is 8. The number of likely N-dealkylation sites (tertiary alicyclic amines) is 1. The van der Waals surface area contributed by atoms with Crippen LogP contribution in [-0.4, -0.2) is 56.9 Å². The molecule has 200 valence electrons. The van der Waals surface area contributed by atoms with Gasteiger partial charge in [0.05, 0.1) is 22.7 Å². The molecule has 0 aliphatic carbocycles. The van der Waals surface area contributed by atoms with Gasteiger partial charge in [0, 0.05) is 37.6 Å². The molecule has 1 amide bonds. The summed E-state index contributed by atoms with van der Waals surface area (Å²) in [5, 5.41) is 16.9. The van der Waals surface area contributed by atoms with E-state index in [-0.39, 0.29) is 5.91 Å². The maximum Gasteiger partial charge on any atom is 0.490 e. The molecule has 0 atom stereocenters. The normalized spacial score (nSPS) is 13.5. The molecule has 37 heavy (non-hydrogen) atoms. The predicted octanol–water partition coefficient (Wildman–Crippen LogP) is 4.95. The van der Waals surface area contributed by atoms with Gasteiger partial charge in [0.25, 0.3) is 0 Å². The van der Waals surface area contributed by atoms with Gasteiger partial charge < -0.3 is 23.9 Å². The fourth-order valence-electron chi connectivity index (χ4n) is 3.91. The summed E-state index contributed by atoms with van der Waals surface area (Å²) in [4.78, 5) is 22.7. The van der Waals surface area contributed by atoms with Crippen molar-refractivity contribution in [2.24, 2.45) is 0 Å². The standard InChI is InChI=1S/C22H24Cl2N4O2.C2HF3O2/c23-16-8-9-20(17(24)15-16)30-14-4-11-27-18-5-1-2-6-19(18)28(22(27)25)13-12-26-10-3-7-21(26)29;3-2(4,5)1(6)7/h1-2,5-6,8-9,15,25H,3-4,7,10-14H2;(H,6,7). The minimum atomic E-state index is -5.08. The molecule has 0 radical (unpaired) electrons. The summed E-state index contributed by atoms with van der Waals surface area (Å²) in [7, 11) is 0. The van der Waals surface area contributed by atoms with Gasteiger partial charge >= 0.3 is 12.1 Å². The fraction of sp³-hybridized carbons (Fsp3) is 0.375. The molecule has 1 aliphatic heterocycles. The van der Waals surface area contributed by atoms with Gasteiger partial charge in [0.1, 0.15) is 5.75 Å². The Morgan fingerprint density at radius 3 is 2.22 bits per heavy atom. The van der Waals surface area contributed by atoms with E-state index in [9.17, 15) is 18.0 Å². The lowest BCUT2D eigenvalue weighted by Crippen LogP contribution is -2.32. The van der Waals surface area contributed by atoms with Crippen molar-refractivity contribution in [1.29, 1.82) is 5.41 Å². The Hall–Kier alpha value is -3.18. The number of para-hydroxylation sites is 2. The molecule has 0 unspecified atom stereocenters. The first kappa shape index (κ1) is 28.4. The lowest BCUT2D eigenvalue weighted by atomic mass is 10.3. The summed E-state index contributed by atoms with van der Waals surface area (Å²) in [6, 6.07) is 13.2. The number of hydrogen-bond acceptors (Lipinski definition) is 4. The number of aliphatic carboxylic acids is 1. The number of amides is 1. The molecule has 1 fully saturated rings. The molecular formula is C24H25Cl2F3N4O4. The van der Waals surface area contributed by atoms with Crippen LogP contribution in [0.5, 0.6) is 5.75 Å². The van der Waals surface area contributed by atoms with Crippen LogP contribution in [0.2, 0.25) is 10.0 Å². The number of carboxylic acid groups (broad SMARTS) is 1. The number of alkyl halides is 3. The summed E-state index contributed by atoms with van der Waals surface area (Å²) in [6.07, 6.45) is -2.79. The van der Waals surface area contributed by atoms with E-state index in [1.807, 2.05) is 38.3 Å². The summed E-state index contributed by atoms with van der Waals surface area (Å²) < 4.78 is 41.5. The van der Waals surface area contributed by atoms with Gasteiger partial charge in [0.15, 0.2) is 0 Å². The van der Waals surface area contributed by atoms with Crippen molar-refractivity contribution >= 4 is 46.1 Å². The number of ether oxygens (including phenoxy) is 1. The van der Waals surface area contributed by atoms with E-state index in [2.05, 4.69) is 0 Å². The van der Waals surface area contributed by atoms with Crippen LogP contribution in [0.25, 0.3) is 11.0 Å². The van der Waals surface area contributed by atoms with Crippen LogP contribution in [-0.2, 0) is 22.7 Å². The Morgan fingerprint density at radius 1 is 1.05 bits per heavy atom. The quantitative estimate of drug-likeness (QED) is 0.380. The van der Waals surface area contributed by atoms with Crippen molar-refractivity contribution < 1.29 is 32.6 Å². The molecule has 2 heterocycles. The van der Waals surface area contributed by atoms with Crippen molar-refractivity contribution in [3.05, 3.63) is 58.1 Å². The fourth-order valence-corrected chi connectivity index (χ4v) is 4.37. The Morgan fingerprint density at radius 2 is 1.68 bits per heavy atom. The highest BCUT2D eigenvalue weighted by molar-refractivity contribution is 6.35. The number of carboxylic acids is 1. The molecular weight excluding hydrogens is 536 g/mol. The van der Waals surface area contributed by atoms with E-state index in [0.29, 0.717) is 54.1 Å². The van der Waals surface area contributed by atoms with Crippen molar-refractivity contribution in [2.75, 3.05) is 19.7 Å². The zero-order valence-electron chi connectivity index (χ0n) is 19.6. The zero-order valence-corrected chi connectivity index (χ0v) is 21.1. The second kappa shape index (κ2) is 12.4. The van der Waals surface area contributed by atoms with Crippen LogP contribution in [0, 0.1) is 5.41 Å². The van der Waals surface area contributed by atoms with Crippen LogP contribution in [0.4, 0.5) is 13.2 Å². The number of aromatic nitrogens is 2. The highest BCUT2D eigenvalue weighted by atomic mass is 35.5. The SMILES string of the molecule is N=c1n(CCCOc2ccc(Cl)cc2Cl)c2ccccc2n1CCN1CCCC1=O.O=C(O)C(F)(F)F. The second-order valence-corrected chi connectivity index (χ2v) is 9.02. The van der Waals surface area contributed by atoms with Crippen molar-refractivity contribution in [3.8, 4) is 5.75 Å². The molecule has 1 aliphatic rings. The maximum absolute atomic E-state index is 11.9. The number of carbonyl (C=O) groups excluding carboxylic acids is 1. The molecule has 8 nitrogen and oxygen atoms in total. The van der Waals surface area contributed by atoms with Gasteiger partial charge in [-0.15, -0.1) is 0 Å². The molecule has 4 rings (SSSR count). The lowest BCUT2D eigenvalue weighted by Gasteiger charge is -2.16. The number of hydrogen-bond donors (Lipinski definition) is 2. The summed E-state index contributed by atoms with van der Waals surface area (Å²) in [5.41, 5.74) is 2.46.